The summed E-state index contributed by atoms with van der Waals surface area (Å²) in [6.45, 7) is 5.86. The summed E-state index contributed by atoms with van der Waals surface area (Å²) >= 11 is 0. The van der Waals surface area contributed by atoms with Gasteiger partial charge in [-0.1, -0.05) is 37.3 Å². The van der Waals surface area contributed by atoms with Gasteiger partial charge in [-0.25, -0.2) is 0 Å². The summed E-state index contributed by atoms with van der Waals surface area (Å²) in [5.41, 5.74) is 0.499. The smallest absolute Gasteiger partial charge is 0.109 e. The summed E-state index contributed by atoms with van der Waals surface area (Å²) in [5, 5.41) is 20.2. The molecule has 5 unspecified atom stereocenters. The van der Waals surface area contributed by atoms with Gasteiger partial charge in [-0.2, -0.15) is 0 Å². The standard InChI is InChI=1S/C16H24O4/c1-10-14(19-4)12(17)13(18)15(10)20-16(2,3)11-8-6-5-7-9-11/h5-10,12-15,17-18H,1-4H3. The highest BCUT2D eigenvalue weighted by atomic mass is 16.5. The van der Waals surface area contributed by atoms with Crippen LogP contribution in [0.4, 0.5) is 0 Å². The molecule has 112 valence electrons. The Morgan fingerprint density at radius 2 is 1.55 bits per heavy atom. The van der Waals surface area contributed by atoms with E-state index in [1.807, 2.05) is 51.1 Å². The van der Waals surface area contributed by atoms with Crippen molar-refractivity contribution in [2.75, 3.05) is 7.11 Å². The van der Waals surface area contributed by atoms with E-state index in [1.54, 1.807) is 7.11 Å². The predicted molar refractivity (Wildman–Crippen MR) is 76.3 cm³/mol. The van der Waals surface area contributed by atoms with Crippen LogP contribution in [0.3, 0.4) is 0 Å². The van der Waals surface area contributed by atoms with Crippen LogP contribution in [0, 0.1) is 5.92 Å². The lowest BCUT2D eigenvalue weighted by Gasteiger charge is -2.33. The van der Waals surface area contributed by atoms with Crippen LogP contribution >= 0.6 is 0 Å². The van der Waals surface area contributed by atoms with Crippen molar-refractivity contribution in [1.82, 2.24) is 0 Å². The Balaban J connectivity index is 2.17. The minimum atomic E-state index is -0.932. The maximum atomic E-state index is 10.2. The van der Waals surface area contributed by atoms with Gasteiger partial charge in [-0.15, -0.1) is 0 Å². The van der Waals surface area contributed by atoms with E-state index < -0.39 is 30.0 Å². The summed E-state index contributed by atoms with van der Waals surface area (Å²) < 4.78 is 11.4. The average molecular weight is 280 g/mol. The minimum Gasteiger partial charge on any atom is -0.388 e. The quantitative estimate of drug-likeness (QED) is 0.881. The molecule has 2 rings (SSSR count). The number of methoxy groups -OCH3 is 1. The van der Waals surface area contributed by atoms with E-state index in [9.17, 15) is 10.2 Å². The summed E-state index contributed by atoms with van der Waals surface area (Å²) in [5.74, 6) is -0.0759. The third-order valence-electron chi connectivity index (χ3n) is 4.23. The number of benzene rings is 1. The molecule has 1 aliphatic carbocycles. The van der Waals surface area contributed by atoms with Crippen LogP contribution < -0.4 is 0 Å². The van der Waals surface area contributed by atoms with E-state index in [2.05, 4.69) is 0 Å². The molecule has 0 aromatic heterocycles. The second-order valence-electron chi connectivity index (χ2n) is 6.00. The van der Waals surface area contributed by atoms with Gasteiger partial charge in [0.1, 0.15) is 12.2 Å². The molecule has 4 nitrogen and oxygen atoms in total. The fourth-order valence-corrected chi connectivity index (χ4v) is 2.98. The zero-order valence-electron chi connectivity index (χ0n) is 12.5. The molecule has 4 heteroatoms. The lowest BCUT2D eigenvalue weighted by molar-refractivity contribution is -0.136. The molecule has 1 fully saturated rings. The fraction of sp³-hybridized carbons (Fsp3) is 0.625. The first-order valence-corrected chi connectivity index (χ1v) is 7.00. The zero-order chi connectivity index (χ0) is 14.9. The maximum Gasteiger partial charge on any atom is 0.109 e. The summed E-state index contributed by atoms with van der Waals surface area (Å²) in [7, 11) is 1.54. The number of aliphatic hydroxyl groups is 2. The number of ether oxygens (including phenoxy) is 2. The molecule has 20 heavy (non-hydrogen) atoms. The lowest BCUT2D eigenvalue weighted by atomic mass is 9.96. The van der Waals surface area contributed by atoms with Crippen molar-refractivity contribution in [3.05, 3.63) is 35.9 Å². The van der Waals surface area contributed by atoms with Gasteiger partial charge >= 0.3 is 0 Å². The van der Waals surface area contributed by atoms with E-state index >= 15 is 0 Å². The Hall–Kier alpha value is -0.940. The second kappa shape index (κ2) is 5.82. The van der Waals surface area contributed by atoms with Crippen molar-refractivity contribution in [2.45, 2.75) is 50.8 Å². The number of hydrogen-bond donors (Lipinski definition) is 2. The van der Waals surface area contributed by atoms with Crippen LogP contribution in [-0.4, -0.2) is 41.7 Å². The highest BCUT2D eigenvalue weighted by Gasteiger charge is 2.50. The Morgan fingerprint density at radius 1 is 1.00 bits per heavy atom. The molecule has 0 bridgehead atoms. The van der Waals surface area contributed by atoms with Crippen LogP contribution in [0.15, 0.2) is 30.3 Å². The molecule has 0 spiro atoms. The second-order valence-corrected chi connectivity index (χ2v) is 6.00. The van der Waals surface area contributed by atoms with Crippen LogP contribution in [0.5, 0.6) is 0 Å². The Morgan fingerprint density at radius 3 is 2.05 bits per heavy atom. The summed E-state index contributed by atoms with van der Waals surface area (Å²) in [4.78, 5) is 0. The molecule has 0 radical (unpaired) electrons. The van der Waals surface area contributed by atoms with E-state index in [-0.39, 0.29) is 5.92 Å². The average Bonchev–Trinajstić information content (AvgIpc) is 2.63. The maximum absolute atomic E-state index is 10.2. The largest absolute Gasteiger partial charge is 0.388 e. The molecule has 0 aliphatic heterocycles. The summed E-state index contributed by atoms with van der Waals surface area (Å²) in [6, 6.07) is 9.87. The van der Waals surface area contributed by atoms with E-state index in [1.165, 1.54) is 0 Å². The number of hydrogen-bond acceptors (Lipinski definition) is 4. The molecule has 2 N–H and O–H groups in total. The van der Waals surface area contributed by atoms with Crippen LogP contribution in [0.2, 0.25) is 0 Å². The Kier molecular flexibility index (Phi) is 4.49. The van der Waals surface area contributed by atoms with Crippen molar-refractivity contribution in [3.8, 4) is 0 Å². The third-order valence-corrected chi connectivity index (χ3v) is 4.23. The van der Waals surface area contributed by atoms with Crippen LogP contribution in [-0.2, 0) is 15.1 Å². The monoisotopic (exact) mass is 280 g/mol. The van der Waals surface area contributed by atoms with Gasteiger partial charge in [0.2, 0.25) is 0 Å². The molecule has 5 atom stereocenters. The van der Waals surface area contributed by atoms with Crippen molar-refractivity contribution in [2.24, 2.45) is 5.92 Å². The topological polar surface area (TPSA) is 58.9 Å². The minimum absolute atomic E-state index is 0.0759. The molecule has 1 saturated carbocycles. The molecular weight excluding hydrogens is 256 g/mol. The number of aliphatic hydroxyl groups excluding tert-OH is 2. The fourth-order valence-electron chi connectivity index (χ4n) is 2.98. The Bertz CT molecular complexity index is 431. The third kappa shape index (κ3) is 2.74. The first-order chi connectivity index (χ1) is 9.38. The van der Waals surface area contributed by atoms with Gasteiger partial charge in [0, 0.05) is 13.0 Å². The van der Waals surface area contributed by atoms with E-state index in [0.717, 1.165) is 5.56 Å². The lowest BCUT2D eigenvalue weighted by Crippen LogP contribution is -2.38. The first-order valence-electron chi connectivity index (χ1n) is 7.00. The SMILES string of the molecule is COC1C(C)C(OC(C)(C)c2ccccc2)C(O)C1O. The van der Waals surface area contributed by atoms with Gasteiger partial charge in [-0.05, 0) is 19.4 Å². The molecule has 0 saturated heterocycles. The van der Waals surface area contributed by atoms with Gasteiger partial charge in [0.05, 0.1) is 17.8 Å². The Labute approximate surface area is 120 Å². The van der Waals surface area contributed by atoms with Crippen molar-refractivity contribution < 1.29 is 19.7 Å². The molecule has 0 amide bonds. The van der Waals surface area contributed by atoms with Crippen molar-refractivity contribution >= 4 is 0 Å². The van der Waals surface area contributed by atoms with E-state index in [4.69, 9.17) is 9.47 Å². The van der Waals surface area contributed by atoms with Crippen LogP contribution in [0.1, 0.15) is 26.3 Å². The molecule has 1 aliphatic rings. The first kappa shape index (κ1) is 15.4. The zero-order valence-corrected chi connectivity index (χ0v) is 12.5. The van der Waals surface area contributed by atoms with Gasteiger partial charge in [-0.3, -0.25) is 0 Å². The van der Waals surface area contributed by atoms with Gasteiger partial charge in [0.25, 0.3) is 0 Å². The highest BCUT2D eigenvalue weighted by Crippen LogP contribution is 2.36. The normalized spacial score (nSPS) is 34.4. The molecular formula is C16H24O4. The molecule has 0 heterocycles. The van der Waals surface area contributed by atoms with Gasteiger partial charge in [0.15, 0.2) is 0 Å². The highest BCUT2D eigenvalue weighted by molar-refractivity contribution is 5.21. The number of rotatable bonds is 4. The predicted octanol–water partition coefficient (Wildman–Crippen LogP) is 1.69. The van der Waals surface area contributed by atoms with E-state index in [0.29, 0.717) is 0 Å². The molecule has 1 aromatic rings. The van der Waals surface area contributed by atoms with Crippen molar-refractivity contribution in [3.63, 3.8) is 0 Å². The van der Waals surface area contributed by atoms with Crippen LogP contribution in [0.25, 0.3) is 0 Å². The van der Waals surface area contributed by atoms with Gasteiger partial charge < -0.3 is 19.7 Å². The summed E-state index contributed by atoms with van der Waals surface area (Å²) in [6.07, 6.45) is -2.70. The molecule has 1 aromatic carbocycles. The van der Waals surface area contributed by atoms with Crippen molar-refractivity contribution in [1.29, 1.82) is 0 Å².